The Bertz CT molecular complexity index is 998. The highest BCUT2D eigenvalue weighted by molar-refractivity contribution is 6.30. The molecular formula is C18H12ClN3O5. The number of rotatable bonds is 6. The number of nitro groups is 1. The van der Waals surface area contributed by atoms with E-state index in [4.69, 9.17) is 20.8 Å². The number of ether oxygens (including phenoxy) is 1. The summed E-state index contributed by atoms with van der Waals surface area (Å²) in [6, 6.07) is 12.7. The van der Waals surface area contributed by atoms with Gasteiger partial charge in [-0.05, 0) is 35.9 Å². The molecule has 1 aromatic heterocycles. The highest BCUT2D eigenvalue weighted by Crippen LogP contribution is 2.20. The van der Waals surface area contributed by atoms with E-state index in [1.165, 1.54) is 24.3 Å². The number of carbonyl (C=O) groups is 1. The lowest BCUT2D eigenvalue weighted by Crippen LogP contribution is -2.01. The van der Waals surface area contributed by atoms with E-state index in [9.17, 15) is 14.9 Å². The van der Waals surface area contributed by atoms with Crippen LogP contribution in [-0.4, -0.2) is 21.1 Å². The summed E-state index contributed by atoms with van der Waals surface area (Å²) in [6.45, 7) is -0.196. The number of benzene rings is 2. The zero-order valence-corrected chi connectivity index (χ0v) is 14.5. The van der Waals surface area contributed by atoms with Gasteiger partial charge in [-0.2, -0.15) is 0 Å². The first-order valence-electron chi connectivity index (χ1n) is 7.69. The normalized spacial score (nSPS) is 10.9. The second-order valence-corrected chi connectivity index (χ2v) is 5.74. The molecule has 3 rings (SSSR count). The van der Waals surface area contributed by atoms with Gasteiger partial charge in [0, 0.05) is 28.8 Å². The molecule has 0 aliphatic heterocycles. The first kappa shape index (κ1) is 18.3. The molecule has 0 saturated carbocycles. The van der Waals surface area contributed by atoms with E-state index in [1.54, 1.807) is 30.3 Å². The van der Waals surface area contributed by atoms with Gasteiger partial charge in [-0.3, -0.25) is 10.1 Å². The van der Waals surface area contributed by atoms with Crippen LogP contribution >= 0.6 is 11.6 Å². The number of aromatic nitrogens is 2. The summed E-state index contributed by atoms with van der Waals surface area (Å²) in [5, 5.41) is 19.0. The van der Waals surface area contributed by atoms with Crippen LogP contribution in [0.2, 0.25) is 5.02 Å². The van der Waals surface area contributed by atoms with Gasteiger partial charge >= 0.3 is 5.97 Å². The maximum atomic E-state index is 11.8. The van der Waals surface area contributed by atoms with Crippen LogP contribution in [0, 0.1) is 10.1 Å². The van der Waals surface area contributed by atoms with Crippen LogP contribution in [-0.2, 0) is 16.1 Å². The number of hydrogen-bond donors (Lipinski definition) is 0. The van der Waals surface area contributed by atoms with Crippen molar-refractivity contribution in [2.24, 2.45) is 0 Å². The summed E-state index contributed by atoms with van der Waals surface area (Å²) >= 11 is 5.82. The van der Waals surface area contributed by atoms with Gasteiger partial charge in [0.15, 0.2) is 6.61 Å². The molecule has 0 unspecified atom stereocenters. The van der Waals surface area contributed by atoms with Crippen molar-refractivity contribution in [3.8, 4) is 11.5 Å². The summed E-state index contributed by atoms with van der Waals surface area (Å²) < 4.78 is 10.4. The number of hydrogen-bond acceptors (Lipinski definition) is 7. The summed E-state index contributed by atoms with van der Waals surface area (Å²) in [6.07, 6.45) is 2.58. The molecule has 27 heavy (non-hydrogen) atoms. The zero-order chi connectivity index (χ0) is 19.2. The molecule has 0 amide bonds. The fraction of sp³-hybridized carbons (Fsp3) is 0.0556. The largest absolute Gasteiger partial charge is 0.452 e. The molecule has 0 radical (unpaired) electrons. The average Bonchev–Trinajstić information content (AvgIpc) is 3.14. The Labute approximate surface area is 158 Å². The first-order valence-corrected chi connectivity index (χ1v) is 8.07. The third kappa shape index (κ3) is 4.99. The van der Waals surface area contributed by atoms with Gasteiger partial charge < -0.3 is 9.15 Å². The predicted molar refractivity (Wildman–Crippen MR) is 96.7 cm³/mol. The third-order valence-corrected chi connectivity index (χ3v) is 3.64. The third-order valence-electron chi connectivity index (χ3n) is 3.39. The van der Waals surface area contributed by atoms with Gasteiger partial charge in [0.05, 0.1) is 4.92 Å². The Balaban J connectivity index is 1.57. The van der Waals surface area contributed by atoms with Crippen molar-refractivity contribution in [2.45, 2.75) is 6.61 Å². The molecule has 0 aliphatic rings. The summed E-state index contributed by atoms with van der Waals surface area (Å²) in [5.41, 5.74) is 1.13. The molecule has 0 spiro atoms. The van der Waals surface area contributed by atoms with E-state index < -0.39 is 10.9 Å². The van der Waals surface area contributed by atoms with E-state index in [0.717, 1.165) is 6.08 Å². The highest BCUT2D eigenvalue weighted by Gasteiger charge is 2.10. The van der Waals surface area contributed by atoms with E-state index in [1.807, 2.05) is 0 Å². The molecule has 0 aliphatic carbocycles. The van der Waals surface area contributed by atoms with Crippen molar-refractivity contribution in [3.05, 3.63) is 81.2 Å². The highest BCUT2D eigenvalue weighted by atomic mass is 35.5. The topological polar surface area (TPSA) is 108 Å². The van der Waals surface area contributed by atoms with Crippen LogP contribution in [0.3, 0.4) is 0 Å². The van der Waals surface area contributed by atoms with E-state index in [2.05, 4.69) is 10.2 Å². The van der Waals surface area contributed by atoms with Crippen molar-refractivity contribution in [2.75, 3.05) is 0 Å². The molecule has 0 N–H and O–H groups in total. The second-order valence-electron chi connectivity index (χ2n) is 5.30. The lowest BCUT2D eigenvalue weighted by Gasteiger charge is -1.98. The van der Waals surface area contributed by atoms with Crippen LogP contribution < -0.4 is 0 Å². The minimum atomic E-state index is -0.646. The number of carbonyl (C=O) groups excluding carboxylic acids is 1. The van der Waals surface area contributed by atoms with Gasteiger partial charge in [-0.1, -0.05) is 23.7 Å². The van der Waals surface area contributed by atoms with Crippen LogP contribution in [0.1, 0.15) is 11.5 Å². The van der Waals surface area contributed by atoms with Gasteiger partial charge in [-0.15, -0.1) is 10.2 Å². The number of nitro benzene ring substituents is 1. The Morgan fingerprint density at radius 3 is 2.74 bits per heavy atom. The summed E-state index contributed by atoms with van der Waals surface area (Å²) in [5.74, 6) is -0.227. The van der Waals surface area contributed by atoms with E-state index in [0.29, 0.717) is 16.1 Å². The lowest BCUT2D eigenvalue weighted by molar-refractivity contribution is -0.384. The van der Waals surface area contributed by atoms with Crippen molar-refractivity contribution in [3.63, 3.8) is 0 Å². The average molecular weight is 386 g/mol. The summed E-state index contributed by atoms with van der Waals surface area (Å²) in [7, 11) is 0. The van der Waals surface area contributed by atoms with Crippen LogP contribution in [0.25, 0.3) is 17.5 Å². The molecule has 2 aromatic carbocycles. The molecule has 0 fully saturated rings. The second kappa shape index (κ2) is 8.24. The number of halogens is 1. The first-order chi connectivity index (χ1) is 13.0. The Hall–Kier alpha value is -3.52. The summed E-state index contributed by atoms with van der Waals surface area (Å²) in [4.78, 5) is 22.0. The quantitative estimate of drug-likeness (QED) is 0.272. The fourth-order valence-corrected chi connectivity index (χ4v) is 2.23. The van der Waals surface area contributed by atoms with Crippen LogP contribution in [0.4, 0.5) is 5.69 Å². The van der Waals surface area contributed by atoms with Crippen LogP contribution in [0.15, 0.2) is 59.0 Å². The molecular weight excluding hydrogens is 374 g/mol. The Morgan fingerprint density at radius 1 is 1.22 bits per heavy atom. The monoisotopic (exact) mass is 385 g/mol. The van der Waals surface area contributed by atoms with E-state index >= 15 is 0 Å². The molecule has 9 heteroatoms. The van der Waals surface area contributed by atoms with E-state index in [-0.39, 0.29) is 24.1 Å². The molecule has 0 saturated heterocycles. The standard InChI is InChI=1S/C18H12ClN3O5/c19-14-7-5-13(6-8-14)18-21-20-16(27-18)11-26-17(23)9-4-12-2-1-3-15(10-12)22(24)25/h1-10H,11H2/b9-4+. The minimum Gasteiger partial charge on any atom is -0.452 e. The smallest absolute Gasteiger partial charge is 0.331 e. The molecule has 8 nitrogen and oxygen atoms in total. The molecule has 1 heterocycles. The lowest BCUT2D eigenvalue weighted by atomic mass is 10.2. The van der Waals surface area contributed by atoms with Crippen molar-refractivity contribution in [1.29, 1.82) is 0 Å². The van der Waals surface area contributed by atoms with Crippen molar-refractivity contribution >= 4 is 29.3 Å². The maximum Gasteiger partial charge on any atom is 0.331 e. The molecule has 136 valence electrons. The number of esters is 1. The van der Waals surface area contributed by atoms with Gasteiger partial charge in [-0.25, -0.2) is 4.79 Å². The minimum absolute atomic E-state index is 0.0638. The fourth-order valence-electron chi connectivity index (χ4n) is 2.11. The molecule has 0 atom stereocenters. The van der Waals surface area contributed by atoms with Gasteiger partial charge in [0.2, 0.25) is 5.89 Å². The number of non-ortho nitro benzene ring substituents is 1. The van der Waals surface area contributed by atoms with Crippen molar-refractivity contribution < 1.29 is 18.9 Å². The zero-order valence-electron chi connectivity index (χ0n) is 13.7. The maximum absolute atomic E-state index is 11.8. The SMILES string of the molecule is O=C(/C=C/c1cccc([N+](=O)[O-])c1)OCc1nnc(-c2ccc(Cl)cc2)o1. The number of nitrogens with zero attached hydrogens (tertiary/aromatic N) is 3. The Morgan fingerprint density at radius 2 is 2.00 bits per heavy atom. The molecule has 3 aromatic rings. The van der Waals surface area contributed by atoms with Gasteiger partial charge in [0.25, 0.3) is 11.6 Å². The van der Waals surface area contributed by atoms with Gasteiger partial charge in [0.1, 0.15) is 0 Å². The van der Waals surface area contributed by atoms with Crippen molar-refractivity contribution in [1.82, 2.24) is 10.2 Å². The van der Waals surface area contributed by atoms with Crippen LogP contribution in [0.5, 0.6) is 0 Å². The predicted octanol–water partition coefficient (Wildman–Crippen LogP) is 4.05. The molecule has 0 bridgehead atoms. The Kier molecular flexibility index (Phi) is 5.58.